The third-order valence-corrected chi connectivity index (χ3v) is 3.14. The van der Waals surface area contributed by atoms with Crippen LogP contribution in [0.4, 0.5) is 0 Å². The van der Waals surface area contributed by atoms with E-state index in [1.54, 1.807) is 0 Å². The van der Waals surface area contributed by atoms with E-state index >= 15 is 0 Å². The lowest BCUT2D eigenvalue weighted by molar-refractivity contribution is -0.119. The number of hydrogen-bond donors (Lipinski definition) is 0. The highest BCUT2D eigenvalue weighted by Crippen LogP contribution is 2.19. The number of ketones is 1. The molecule has 1 aromatic rings. The van der Waals surface area contributed by atoms with Gasteiger partial charge in [0.05, 0.1) is 11.6 Å². The van der Waals surface area contributed by atoms with Crippen LogP contribution in [-0.2, 0) is 17.6 Å². The number of rotatable bonds is 0. The highest BCUT2D eigenvalue weighted by molar-refractivity contribution is 5.78. The van der Waals surface area contributed by atoms with Crippen molar-refractivity contribution in [1.82, 2.24) is 0 Å². The van der Waals surface area contributed by atoms with Crippen LogP contribution in [-0.4, -0.2) is 5.78 Å². The molecule has 0 aromatic heterocycles. The molecule has 0 spiro atoms. The first-order chi connectivity index (χ1) is 7.79. The summed E-state index contributed by atoms with van der Waals surface area (Å²) < 4.78 is 0. The summed E-state index contributed by atoms with van der Waals surface area (Å²) in [6, 6.07) is 8.07. The van der Waals surface area contributed by atoms with Gasteiger partial charge in [0.15, 0.2) is 0 Å². The van der Waals surface area contributed by atoms with E-state index in [0.717, 1.165) is 31.2 Å². The van der Waals surface area contributed by atoms with E-state index in [1.165, 1.54) is 11.1 Å². The normalized spacial score (nSPS) is 16.6. The van der Waals surface area contributed by atoms with Gasteiger partial charge in [0.2, 0.25) is 0 Å². The molecule has 0 saturated heterocycles. The SMILES string of the molecule is N#Cc1ccc2c(c1)CCCC(=O)CCC2. The molecular weight excluding hydrogens is 198 g/mol. The Morgan fingerprint density at radius 3 is 2.38 bits per heavy atom. The average molecular weight is 213 g/mol. The van der Waals surface area contributed by atoms with Crippen LogP contribution >= 0.6 is 0 Å². The maximum Gasteiger partial charge on any atom is 0.132 e. The third-order valence-electron chi connectivity index (χ3n) is 3.14. The second-order valence-electron chi connectivity index (χ2n) is 4.34. The van der Waals surface area contributed by atoms with Gasteiger partial charge < -0.3 is 0 Å². The Kier molecular flexibility index (Phi) is 3.36. The molecule has 0 fully saturated rings. The lowest BCUT2D eigenvalue weighted by Gasteiger charge is -2.07. The van der Waals surface area contributed by atoms with Crippen molar-refractivity contribution in [1.29, 1.82) is 5.26 Å². The number of nitrogens with zero attached hydrogens (tertiary/aromatic N) is 1. The average Bonchev–Trinajstić information content (AvgIpc) is 2.38. The molecule has 0 amide bonds. The number of hydrogen-bond acceptors (Lipinski definition) is 2. The standard InChI is InChI=1S/C14H15NO/c15-10-11-7-8-12-3-1-5-14(16)6-2-4-13(12)9-11/h7-9H,1-6H2. The van der Waals surface area contributed by atoms with Crippen LogP contribution in [0.2, 0.25) is 0 Å². The summed E-state index contributed by atoms with van der Waals surface area (Å²) in [6.07, 6.45) is 5.15. The minimum absolute atomic E-state index is 0.383. The molecule has 0 radical (unpaired) electrons. The van der Waals surface area contributed by atoms with Crippen LogP contribution in [0, 0.1) is 11.3 Å². The molecule has 82 valence electrons. The highest BCUT2D eigenvalue weighted by atomic mass is 16.1. The lowest BCUT2D eigenvalue weighted by atomic mass is 9.97. The van der Waals surface area contributed by atoms with Gasteiger partial charge in [-0.2, -0.15) is 5.26 Å². The highest BCUT2D eigenvalue weighted by Gasteiger charge is 2.10. The molecule has 1 aliphatic carbocycles. The molecule has 1 aromatic carbocycles. The van der Waals surface area contributed by atoms with E-state index in [2.05, 4.69) is 6.07 Å². The fourth-order valence-corrected chi connectivity index (χ4v) is 2.25. The van der Waals surface area contributed by atoms with Crippen molar-refractivity contribution < 1.29 is 4.79 Å². The Morgan fingerprint density at radius 2 is 1.69 bits per heavy atom. The van der Waals surface area contributed by atoms with Crippen LogP contribution in [0.25, 0.3) is 0 Å². The van der Waals surface area contributed by atoms with Gasteiger partial charge in [-0.1, -0.05) is 6.07 Å². The zero-order valence-corrected chi connectivity index (χ0v) is 9.33. The number of carbonyl (C=O) groups is 1. The van der Waals surface area contributed by atoms with Crippen LogP contribution < -0.4 is 0 Å². The van der Waals surface area contributed by atoms with E-state index in [1.807, 2.05) is 18.2 Å². The molecule has 2 nitrogen and oxygen atoms in total. The maximum absolute atomic E-state index is 11.4. The molecule has 0 aliphatic heterocycles. The summed E-state index contributed by atoms with van der Waals surface area (Å²) in [5, 5.41) is 8.86. The van der Waals surface area contributed by atoms with Gasteiger partial charge in [-0.05, 0) is 48.9 Å². The molecule has 16 heavy (non-hydrogen) atoms. The Morgan fingerprint density at radius 1 is 1.00 bits per heavy atom. The maximum atomic E-state index is 11.4. The largest absolute Gasteiger partial charge is 0.300 e. The van der Waals surface area contributed by atoms with Crippen molar-refractivity contribution in [3.8, 4) is 6.07 Å². The molecule has 1 aliphatic rings. The Labute approximate surface area is 95.9 Å². The summed E-state index contributed by atoms with van der Waals surface area (Å²) >= 11 is 0. The van der Waals surface area contributed by atoms with Gasteiger partial charge in [0.1, 0.15) is 5.78 Å². The summed E-state index contributed by atoms with van der Waals surface area (Å²) in [6.45, 7) is 0. The van der Waals surface area contributed by atoms with Crippen LogP contribution in [0.3, 0.4) is 0 Å². The Hall–Kier alpha value is -1.62. The molecule has 0 saturated carbocycles. The number of nitriles is 1. The van der Waals surface area contributed by atoms with Gasteiger partial charge in [-0.3, -0.25) is 4.79 Å². The first-order valence-corrected chi connectivity index (χ1v) is 5.83. The smallest absolute Gasteiger partial charge is 0.132 e. The van der Waals surface area contributed by atoms with E-state index in [4.69, 9.17) is 5.26 Å². The molecule has 0 atom stereocenters. The van der Waals surface area contributed by atoms with Crippen molar-refractivity contribution in [3.63, 3.8) is 0 Å². The second-order valence-corrected chi connectivity index (χ2v) is 4.34. The molecule has 0 N–H and O–H groups in total. The quantitative estimate of drug-likeness (QED) is 0.665. The van der Waals surface area contributed by atoms with Gasteiger partial charge in [0, 0.05) is 12.8 Å². The molecule has 2 rings (SSSR count). The fraction of sp³-hybridized carbons (Fsp3) is 0.429. The lowest BCUT2D eigenvalue weighted by Crippen LogP contribution is -1.96. The summed E-state index contributed by atoms with van der Waals surface area (Å²) in [4.78, 5) is 11.4. The minimum atomic E-state index is 0.383. The summed E-state index contributed by atoms with van der Waals surface area (Å²) in [5.41, 5.74) is 3.30. The molecule has 0 unspecified atom stereocenters. The number of carbonyl (C=O) groups excluding carboxylic acids is 1. The predicted octanol–water partition coefficient (Wildman–Crippen LogP) is 2.79. The van der Waals surface area contributed by atoms with E-state index in [9.17, 15) is 4.79 Å². The number of benzene rings is 1. The van der Waals surface area contributed by atoms with Crippen molar-refractivity contribution in [2.24, 2.45) is 0 Å². The van der Waals surface area contributed by atoms with E-state index < -0.39 is 0 Å². The van der Waals surface area contributed by atoms with Crippen molar-refractivity contribution in [2.45, 2.75) is 38.5 Å². The zero-order valence-electron chi connectivity index (χ0n) is 9.33. The van der Waals surface area contributed by atoms with Crippen LogP contribution in [0.15, 0.2) is 18.2 Å². The zero-order chi connectivity index (χ0) is 11.4. The Bertz CT molecular complexity index is 443. The summed E-state index contributed by atoms with van der Waals surface area (Å²) in [5.74, 6) is 0.383. The second kappa shape index (κ2) is 4.94. The van der Waals surface area contributed by atoms with Gasteiger partial charge in [-0.25, -0.2) is 0 Å². The predicted molar refractivity (Wildman–Crippen MR) is 62.0 cm³/mol. The van der Waals surface area contributed by atoms with Crippen molar-refractivity contribution >= 4 is 5.78 Å². The van der Waals surface area contributed by atoms with Crippen LogP contribution in [0.5, 0.6) is 0 Å². The molecule has 2 heteroatoms. The minimum Gasteiger partial charge on any atom is -0.300 e. The Balaban J connectivity index is 2.25. The van der Waals surface area contributed by atoms with Crippen molar-refractivity contribution in [2.75, 3.05) is 0 Å². The third kappa shape index (κ3) is 2.49. The van der Waals surface area contributed by atoms with E-state index in [-0.39, 0.29) is 0 Å². The monoisotopic (exact) mass is 213 g/mol. The first-order valence-electron chi connectivity index (χ1n) is 5.83. The molecule has 0 bridgehead atoms. The summed E-state index contributed by atoms with van der Waals surface area (Å²) in [7, 11) is 0. The van der Waals surface area contributed by atoms with Gasteiger partial charge in [0.25, 0.3) is 0 Å². The van der Waals surface area contributed by atoms with Crippen LogP contribution in [0.1, 0.15) is 42.4 Å². The van der Waals surface area contributed by atoms with Gasteiger partial charge in [-0.15, -0.1) is 0 Å². The topological polar surface area (TPSA) is 40.9 Å². The number of fused-ring (bicyclic) bond motifs is 1. The first kappa shape index (κ1) is 10.9. The molecule has 0 heterocycles. The fourth-order valence-electron chi connectivity index (χ4n) is 2.25. The van der Waals surface area contributed by atoms with Crippen molar-refractivity contribution in [3.05, 3.63) is 34.9 Å². The number of Topliss-reactive ketones (excluding diaryl/α,β-unsaturated/α-hetero) is 1. The van der Waals surface area contributed by atoms with Gasteiger partial charge >= 0.3 is 0 Å². The molecular formula is C14H15NO. The van der Waals surface area contributed by atoms with E-state index in [0.29, 0.717) is 18.6 Å². The number of aryl methyl sites for hydroxylation is 2.